The predicted octanol–water partition coefficient (Wildman–Crippen LogP) is 2.95. The largest absolute Gasteiger partial charge is 0.489 e. The molecule has 0 spiro atoms. The number of nitrogens with zero attached hydrogens (tertiary/aromatic N) is 1. The molecule has 0 fully saturated rings. The van der Waals surface area contributed by atoms with Crippen LogP contribution >= 0.6 is 0 Å². The molecule has 0 atom stereocenters. The molecule has 0 bridgehead atoms. The molecule has 2 rings (SSSR count). The highest BCUT2D eigenvalue weighted by molar-refractivity contribution is 5.97. The summed E-state index contributed by atoms with van der Waals surface area (Å²) >= 11 is 0. The highest BCUT2D eigenvalue weighted by atomic mass is 19.1. The number of nitrogens with two attached hydrogens (primary N) is 1. The highest BCUT2D eigenvalue weighted by Crippen LogP contribution is 2.18. The van der Waals surface area contributed by atoms with Crippen molar-refractivity contribution in [3.05, 3.63) is 64.7 Å². The molecule has 0 heterocycles. The van der Waals surface area contributed by atoms with E-state index >= 15 is 0 Å². The van der Waals surface area contributed by atoms with Crippen molar-refractivity contribution in [1.29, 1.82) is 0 Å². The molecular weight excluding hydrogens is 278 g/mol. The summed E-state index contributed by atoms with van der Waals surface area (Å²) in [7, 11) is 0. The van der Waals surface area contributed by atoms with Crippen molar-refractivity contribution >= 4 is 5.84 Å². The number of halogens is 2. The van der Waals surface area contributed by atoms with E-state index in [1.165, 1.54) is 0 Å². The molecule has 0 saturated heterocycles. The van der Waals surface area contributed by atoms with E-state index in [1.54, 1.807) is 18.2 Å². The first-order valence-corrected chi connectivity index (χ1v) is 6.16. The van der Waals surface area contributed by atoms with E-state index in [1.807, 2.05) is 6.92 Å². The zero-order valence-corrected chi connectivity index (χ0v) is 11.3. The van der Waals surface area contributed by atoms with Gasteiger partial charge in [-0.1, -0.05) is 17.3 Å². The summed E-state index contributed by atoms with van der Waals surface area (Å²) in [5.41, 5.74) is 7.76. The van der Waals surface area contributed by atoms with Gasteiger partial charge in [0, 0.05) is 23.8 Å². The van der Waals surface area contributed by atoms with Crippen molar-refractivity contribution < 1.29 is 18.7 Å². The molecule has 0 aliphatic rings. The van der Waals surface area contributed by atoms with Gasteiger partial charge in [0.05, 0.1) is 0 Å². The molecule has 0 radical (unpaired) electrons. The lowest BCUT2D eigenvalue weighted by Gasteiger charge is -2.10. The molecule has 21 heavy (non-hydrogen) atoms. The molecule has 0 aliphatic heterocycles. The summed E-state index contributed by atoms with van der Waals surface area (Å²) < 4.78 is 31.5. The minimum absolute atomic E-state index is 0.0118. The standard InChI is InChI=1S/C15H14F2N2O2/c1-9-4-10(15(18)19-20)2-3-11(9)8-21-14-6-12(16)5-13(17)7-14/h2-7,20H,8H2,1H3,(H2,18,19). The van der Waals surface area contributed by atoms with Gasteiger partial charge in [-0.2, -0.15) is 0 Å². The van der Waals surface area contributed by atoms with Crippen LogP contribution in [0.2, 0.25) is 0 Å². The summed E-state index contributed by atoms with van der Waals surface area (Å²) in [4.78, 5) is 0. The van der Waals surface area contributed by atoms with E-state index in [4.69, 9.17) is 15.7 Å². The van der Waals surface area contributed by atoms with Gasteiger partial charge in [-0.05, 0) is 24.1 Å². The van der Waals surface area contributed by atoms with Crippen LogP contribution in [0.4, 0.5) is 8.78 Å². The van der Waals surface area contributed by atoms with E-state index in [2.05, 4.69) is 5.16 Å². The van der Waals surface area contributed by atoms with Gasteiger partial charge < -0.3 is 15.7 Å². The minimum Gasteiger partial charge on any atom is -0.489 e. The van der Waals surface area contributed by atoms with Crippen LogP contribution in [0, 0.1) is 18.6 Å². The zero-order chi connectivity index (χ0) is 15.4. The average Bonchev–Trinajstić information content (AvgIpc) is 2.44. The van der Waals surface area contributed by atoms with Crippen LogP contribution in [0.15, 0.2) is 41.6 Å². The Morgan fingerprint density at radius 2 is 1.86 bits per heavy atom. The van der Waals surface area contributed by atoms with Crippen LogP contribution in [0.3, 0.4) is 0 Å². The number of benzene rings is 2. The van der Waals surface area contributed by atoms with Gasteiger partial charge in [0.15, 0.2) is 5.84 Å². The van der Waals surface area contributed by atoms with E-state index in [-0.39, 0.29) is 18.2 Å². The fourth-order valence-corrected chi connectivity index (χ4v) is 1.85. The molecule has 3 N–H and O–H groups in total. The third-order valence-electron chi connectivity index (χ3n) is 2.98. The fraction of sp³-hybridized carbons (Fsp3) is 0.133. The van der Waals surface area contributed by atoms with Crippen LogP contribution < -0.4 is 10.5 Å². The van der Waals surface area contributed by atoms with Gasteiger partial charge in [0.25, 0.3) is 0 Å². The number of ether oxygens (including phenoxy) is 1. The molecule has 2 aromatic carbocycles. The highest BCUT2D eigenvalue weighted by Gasteiger charge is 2.06. The lowest BCUT2D eigenvalue weighted by molar-refractivity contribution is 0.302. The topological polar surface area (TPSA) is 67.8 Å². The second-order valence-corrected chi connectivity index (χ2v) is 4.52. The van der Waals surface area contributed by atoms with E-state index in [0.29, 0.717) is 5.56 Å². The second-order valence-electron chi connectivity index (χ2n) is 4.52. The lowest BCUT2D eigenvalue weighted by Crippen LogP contribution is -2.13. The maximum Gasteiger partial charge on any atom is 0.170 e. The van der Waals surface area contributed by atoms with Crippen LogP contribution in [0.5, 0.6) is 5.75 Å². The number of rotatable bonds is 4. The molecule has 2 aromatic rings. The van der Waals surface area contributed by atoms with Crippen molar-refractivity contribution in [2.75, 3.05) is 0 Å². The molecule has 0 unspecified atom stereocenters. The normalized spacial score (nSPS) is 11.5. The molecule has 6 heteroatoms. The Balaban J connectivity index is 2.13. The summed E-state index contributed by atoms with van der Waals surface area (Å²) in [5, 5.41) is 11.5. The first kappa shape index (κ1) is 14.8. The number of oxime groups is 1. The van der Waals surface area contributed by atoms with Crippen LogP contribution in [0.25, 0.3) is 0 Å². The van der Waals surface area contributed by atoms with Crippen molar-refractivity contribution in [1.82, 2.24) is 0 Å². The van der Waals surface area contributed by atoms with Crippen molar-refractivity contribution in [2.45, 2.75) is 13.5 Å². The van der Waals surface area contributed by atoms with Crippen LogP contribution in [0.1, 0.15) is 16.7 Å². The lowest BCUT2D eigenvalue weighted by atomic mass is 10.1. The van der Waals surface area contributed by atoms with Gasteiger partial charge in [-0.15, -0.1) is 0 Å². The SMILES string of the molecule is Cc1cc(/C(N)=N/O)ccc1COc1cc(F)cc(F)c1. The van der Waals surface area contributed by atoms with Gasteiger partial charge in [-0.25, -0.2) is 8.78 Å². The average molecular weight is 292 g/mol. The maximum atomic E-state index is 13.0. The third-order valence-corrected chi connectivity index (χ3v) is 2.98. The van der Waals surface area contributed by atoms with Crippen molar-refractivity contribution in [2.24, 2.45) is 10.9 Å². The van der Waals surface area contributed by atoms with Crippen molar-refractivity contribution in [3.8, 4) is 5.75 Å². The molecule has 4 nitrogen and oxygen atoms in total. The van der Waals surface area contributed by atoms with Gasteiger partial charge in [0.1, 0.15) is 24.0 Å². The third kappa shape index (κ3) is 3.68. The monoisotopic (exact) mass is 292 g/mol. The quantitative estimate of drug-likeness (QED) is 0.394. The molecule has 0 aromatic heterocycles. The van der Waals surface area contributed by atoms with E-state index in [9.17, 15) is 8.78 Å². The number of hydrogen-bond donors (Lipinski definition) is 2. The summed E-state index contributed by atoms with van der Waals surface area (Å²) in [6.45, 7) is 1.99. The molecule has 0 aliphatic carbocycles. The molecule has 0 saturated carbocycles. The molecular formula is C15H14F2N2O2. The number of hydrogen-bond acceptors (Lipinski definition) is 3. The second kappa shape index (κ2) is 6.21. The first-order chi connectivity index (χ1) is 9.99. The van der Waals surface area contributed by atoms with Crippen LogP contribution in [-0.2, 0) is 6.61 Å². The van der Waals surface area contributed by atoms with Gasteiger partial charge in [-0.3, -0.25) is 0 Å². The van der Waals surface area contributed by atoms with E-state index < -0.39 is 11.6 Å². The Morgan fingerprint density at radius 1 is 1.19 bits per heavy atom. The first-order valence-electron chi connectivity index (χ1n) is 6.16. The van der Waals surface area contributed by atoms with Crippen molar-refractivity contribution in [3.63, 3.8) is 0 Å². The summed E-state index contributed by atoms with van der Waals surface area (Å²) in [5.74, 6) is -1.25. The predicted molar refractivity (Wildman–Crippen MR) is 74.4 cm³/mol. The Kier molecular flexibility index (Phi) is 4.37. The van der Waals surface area contributed by atoms with Gasteiger partial charge in [0.2, 0.25) is 0 Å². The summed E-state index contributed by atoms with van der Waals surface area (Å²) in [6.07, 6.45) is 0. The summed E-state index contributed by atoms with van der Waals surface area (Å²) in [6, 6.07) is 8.17. The van der Waals surface area contributed by atoms with Crippen LogP contribution in [-0.4, -0.2) is 11.0 Å². The molecule has 0 amide bonds. The Bertz CT molecular complexity index is 667. The molecule has 110 valence electrons. The zero-order valence-electron chi connectivity index (χ0n) is 11.3. The Labute approximate surface area is 120 Å². The maximum absolute atomic E-state index is 13.0. The Hall–Kier alpha value is -2.63. The van der Waals surface area contributed by atoms with Gasteiger partial charge >= 0.3 is 0 Å². The minimum atomic E-state index is -0.691. The number of amidine groups is 1. The fourth-order valence-electron chi connectivity index (χ4n) is 1.85. The van der Waals surface area contributed by atoms with E-state index in [0.717, 1.165) is 29.3 Å². The Morgan fingerprint density at radius 3 is 2.43 bits per heavy atom. The number of aryl methyl sites for hydroxylation is 1. The smallest absolute Gasteiger partial charge is 0.170 e.